The summed E-state index contributed by atoms with van der Waals surface area (Å²) >= 11 is 6.26. The molecule has 2 fully saturated rings. The van der Waals surface area contributed by atoms with E-state index in [-0.39, 0.29) is 11.3 Å². The summed E-state index contributed by atoms with van der Waals surface area (Å²) in [6.07, 6.45) is 1.53. The van der Waals surface area contributed by atoms with Crippen LogP contribution in [0.4, 0.5) is 5.69 Å². The van der Waals surface area contributed by atoms with Gasteiger partial charge < -0.3 is 15.1 Å². The van der Waals surface area contributed by atoms with Gasteiger partial charge in [0, 0.05) is 50.0 Å². The molecule has 2 unspecified atom stereocenters. The van der Waals surface area contributed by atoms with Crippen molar-refractivity contribution in [1.29, 1.82) is 0 Å². The Balaban J connectivity index is 1.30. The number of anilines is 1. The molecule has 0 aliphatic carbocycles. The predicted molar refractivity (Wildman–Crippen MR) is 129 cm³/mol. The van der Waals surface area contributed by atoms with Gasteiger partial charge >= 0.3 is 0 Å². The minimum absolute atomic E-state index is 0.0860. The van der Waals surface area contributed by atoms with E-state index in [2.05, 4.69) is 46.2 Å². The van der Waals surface area contributed by atoms with E-state index in [1.165, 1.54) is 6.33 Å². The Morgan fingerprint density at radius 1 is 1.09 bits per heavy atom. The number of aromatic nitrogens is 2. The SMILES string of the molecule is Cc1ccc(NCC(C)(C)CN2CC3CN(C(=O)c4c(C)ncnc4C)CC3C2)cc1Cl. The first kappa shape index (κ1) is 23.0. The fourth-order valence-electron chi connectivity index (χ4n) is 5.15. The molecule has 2 aliphatic heterocycles. The average molecular weight is 456 g/mol. The fourth-order valence-corrected chi connectivity index (χ4v) is 5.33. The molecule has 1 N–H and O–H groups in total. The largest absolute Gasteiger partial charge is 0.384 e. The molecule has 0 radical (unpaired) electrons. The quantitative estimate of drug-likeness (QED) is 0.707. The van der Waals surface area contributed by atoms with Gasteiger partial charge in [-0.2, -0.15) is 0 Å². The highest BCUT2D eigenvalue weighted by Gasteiger charge is 2.43. The van der Waals surface area contributed by atoms with Gasteiger partial charge in [0.2, 0.25) is 0 Å². The topological polar surface area (TPSA) is 61.4 Å². The Morgan fingerprint density at radius 3 is 2.31 bits per heavy atom. The van der Waals surface area contributed by atoms with E-state index in [1.54, 1.807) is 0 Å². The van der Waals surface area contributed by atoms with Gasteiger partial charge in [-0.1, -0.05) is 31.5 Å². The first-order valence-corrected chi connectivity index (χ1v) is 11.8. The zero-order valence-electron chi connectivity index (χ0n) is 19.8. The summed E-state index contributed by atoms with van der Waals surface area (Å²) in [5, 5.41) is 4.35. The van der Waals surface area contributed by atoms with Crippen LogP contribution in [0.15, 0.2) is 24.5 Å². The van der Waals surface area contributed by atoms with E-state index in [0.717, 1.165) is 66.9 Å². The third-order valence-electron chi connectivity index (χ3n) is 6.88. The first-order valence-electron chi connectivity index (χ1n) is 11.4. The molecule has 2 saturated heterocycles. The lowest BCUT2D eigenvalue weighted by molar-refractivity contribution is 0.0767. The summed E-state index contributed by atoms with van der Waals surface area (Å²) in [5.41, 5.74) is 4.50. The Morgan fingerprint density at radius 2 is 1.72 bits per heavy atom. The lowest BCUT2D eigenvalue weighted by Gasteiger charge is -2.32. The number of carbonyl (C=O) groups is 1. The highest BCUT2D eigenvalue weighted by Crippen LogP contribution is 2.34. The molecule has 2 atom stereocenters. The van der Waals surface area contributed by atoms with Gasteiger partial charge in [0.15, 0.2) is 0 Å². The highest BCUT2D eigenvalue weighted by atomic mass is 35.5. The zero-order chi connectivity index (χ0) is 23.0. The van der Waals surface area contributed by atoms with Gasteiger partial charge in [-0.25, -0.2) is 9.97 Å². The Labute approximate surface area is 196 Å². The standard InChI is InChI=1S/C25H34ClN5O/c1-16-6-7-21(8-22(16)26)27-13-25(4,5)14-30-9-19-11-31(12-20(19)10-30)24(32)23-17(2)28-15-29-18(23)3/h6-8,15,19-20,27H,9-14H2,1-5H3. The van der Waals surface area contributed by atoms with E-state index in [4.69, 9.17) is 11.6 Å². The summed E-state index contributed by atoms with van der Waals surface area (Å²) in [4.78, 5) is 26.1. The second-order valence-electron chi connectivity index (χ2n) is 10.3. The maximum atomic E-state index is 13.1. The maximum absolute atomic E-state index is 13.1. The Bertz CT molecular complexity index is 974. The molecule has 1 aromatic carbocycles. The van der Waals surface area contributed by atoms with Crippen molar-refractivity contribution in [1.82, 2.24) is 19.8 Å². The van der Waals surface area contributed by atoms with Crippen LogP contribution in [0, 0.1) is 38.0 Å². The van der Waals surface area contributed by atoms with Crippen LogP contribution in [0.1, 0.15) is 41.2 Å². The molecule has 7 heteroatoms. The molecule has 2 aliphatic rings. The van der Waals surface area contributed by atoms with Crippen molar-refractivity contribution in [2.45, 2.75) is 34.6 Å². The number of nitrogens with one attached hydrogen (secondary N) is 1. The number of amides is 1. The van der Waals surface area contributed by atoms with Crippen LogP contribution in [0.3, 0.4) is 0 Å². The van der Waals surface area contributed by atoms with E-state index in [9.17, 15) is 4.79 Å². The van der Waals surface area contributed by atoms with Crippen molar-refractivity contribution in [3.63, 3.8) is 0 Å². The van der Waals surface area contributed by atoms with Crippen LogP contribution >= 0.6 is 11.6 Å². The van der Waals surface area contributed by atoms with Crippen LogP contribution < -0.4 is 5.32 Å². The van der Waals surface area contributed by atoms with E-state index < -0.39 is 0 Å². The van der Waals surface area contributed by atoms with Crippen LogP contribution in [-0.2, 0) is 0 Å². The minimum Gasteiger partial charge on any atom is -0.384 e. The fraction of sp³-hybridized carbons (Fsp3) is 0.560. The van der Waals surface area contributed by atoms with Crippen LogP contribution in [0.5, 0.6) is 0 Å². The van der Waals surface area contributed by atoms with Gasteiger partial charge in [0.05, 0.1) is 17.0 Å². The van der Waals surface area contributed by atoms with Crippen molar-refractivity contribution in [3.05, 3.63) is 52.1 Å². The van der Waals surface area contributed by atoms with Gasteiger partial charge in [0.25, 0.3) is 5.91 Å². The van der Waals surface area contributed by atoms with E-state index in [1.807, 2.05) is 31.7 Å². The average Bonchev–Trinajstić information content (AvgIpc) is 3.27. The highest BCUT2D eigenvalue weighted by molar-refractivity contribution is 6.31. The molecular weight excluding hydrogens is 422 g/mol. The molecule has 0 spiro atoms. The number of nitrogens with zero attached hydrogens (tertiary/aromatic N) is 4. The second-order valence-corrected chi connectivity index (χ2v) is 10.7. The van der Waals surface area contributed by atoms with Crippen molar-refractivity contribution >= 4 is 23.2 Å². The summed E-state index contributed by atoms with van der Waals surface area (Å²) in [7, 11) is 0. The number of halogens is 1. The van der Waals surface area contributed by atoms with Crippen LogP contribution in [-0.4, -0.2) is 64.9 Å². The predicted octanol–water partition coefficient (Wildman–Crippen LogP) is 4.20. The second kappa shape index (κ2) is 8.99. The maximum Gasteiger partial charge on any atom is 0.257 e. The molecule has 32 heavy (non-hydrogen) atoms. The number of fused-ring (bicyclic) bond motifs is 1. The minimum atomic E-state index is 0.0860. The van der Waals surface area contributed by atoms with Crippen LogP contribution in [0.25, 0.3) is 0 Å². The molecule has 172 valence electrons. The molecule has 4 rings (SSSR count). The normalized spacial score (nSPS) is 21.1. The van der Waals surface area contributed by atoms with Crippen molar-refractivity contribution < 1.29 is 4.79 Å². The number of rotatable bonds is 6. The molecule has 1 amide bonds. The Kier molecular flexibility index (Phi) is 6.46. The lowest BCUT2D eigenvalue weighted by atomic mass is 9.92. The molecule has 6 nitrogen and oxygen atoms in total. The number of benzene rings is 1. The van der Waals surface area contributed by atoms with Gasteiger partial charge in [0.1, 0.15) is 6.33 Å². The molecule has 3 heterocycles. The van der Waals surface area contributed by atoms with Gasteiger partial charge in [-0.3, -0.25) is 4.79 Å². The van der Waals surface area contributed by atoms with E-state index >= 15 is 0 Å². The summed E-state index contributed by atoms with van der Waals surface area (Å²) < 4.78 is 0. The summed E-state index contributed by atoms with van der Waals surface area (Å²) in [5.74, 6) is 1.18. The van der Waals surface area contributed by atoms with Crippen molar-refractivity contribution in [2.75, 3.05) is 44.6 Å². The zero-order valence-corrected chi connectivity index (χ0v) is 20.5. The van der Waals surface area contributed by atoms with Crippen molar-refractivity contribution in [3.8, 4) is 0 Å². The van der Waals surface area contributed by atoms with Crippen molar-refractivity contribution in [2.24, 2.45) is 17.3 Å². The summed E-state index contributed by atoms with van der Waals surface area (Å²) in [6, 6.07) is 6.14. The third-order valence-corrected chi connectivity index (χ3v) is 7.29. The number of hydrogen-bond donors (Lipinski definition) is 1. The number of carbonyl (C=O) groups excluding carboxylic acids is 1. The third kappa shape index (κ3) is 4.91. The molecule has 0 bridgehead atoms. The Hall–Kier alpha value is -2.18. The smallest absolute Gasteiger partial charge is 0.257 e. The lowest BCUT2D eigenvalue weighted by Crippen LogP contribution is -2.39. The monoisotopic (exact) mass is 455 g/mol. The summed E-state index contributed by atoms with van der Waals surface area (Å²) in [6.45, 7) is 16.1. The molecular formula is C25H34ClN5O. The number of aryl methyl sites for hydroxylation is 3. The number of hydrogen-bond acceptors (Lipinski definition) is 5. The molecule has 0 saturated carbocycles. The van der Waals surface area contributed by atoms with E-state index in [0.29, 0.717) is 17.4 Å². The number of likely N-dealkylation sites (tertiary alicyclic amines) is 2. The first-order chi connectivity index (χ1) is 15.1. The van der Waals surface area contributed by atoms with Gasteiger partial charge in [-0.05, 0) is 55.7 Å². The van der Waals surface area contributed by atoms with Gasteiger partial charge in [-0.15, -0.1) is 0 Å². The van der Waals surface area contributed by atoms with Crippen LogP contribution in [0.2, 0.25) is 5.02 Å². The molecule has 1 aromatic heterocycles. The molecule has 2 aromatic rings.